The lowest BCUT2D eigenvalue weighted by atomic mass is 10.1. The fourth-order valence-corrected chi connectivity index (χ4v) is 2.83. The van der Waals surface area contributed by atoms with Crippen molar-refractivity contribution >= 4 is 17.7 Å². The molecule has 0 saturated carbocycles. The third-order valence-electron chi connectivity index (χ3n) is 4.21. The van der Waals surface area contributed by atoms with Gasteiger partial charge in [0.1, 0.15) is 0 Å². The smallest absolute Gasteiger partial charge is 0.319 e. The second-order valence-corrected chi connectivity index (χ2v) is 6.26. The zero-order valence-corrected chi connectivity index (χ0v) is 15.3. The highest BCUT2D eigenvalue weighted by atomic mass is 16.5. The summed E-state index contributed by atoms with van der Waals surface area (Å²) in [7, 11) is 0. The third-order valence-corrected chi connectivity index (χ3v) is 4.21. The van der Waals surface area contributed by atoms with Crippen LogP contribution in [0.3, 0.4) is 0 Å². The van der Waals surface area contributed by atoms with Gasteiger partial charge in [-0.25, -0.2) is 14.8 Å². The maximum absolute atomic E-state index is 12.2. The Hall–Kier alpha value is -2.67. The third kappa shape index (κ3) is 4.92. The van der Waals surface area contributed by atoms with Gasteiger partial charge >= 0.3 is 6.03 Å². The first kappa shape index (κ1) is 18.1. The van der Waals surface area contributed by atoms with E-state index in [9.17, 15) is 4.79 Å². The van der Waals surface area contributed by atoms with Crippen molar-refractivity contribution in [3.8, 4) is 0 Å². The maximum atomic E-state index is 12.2. The molecule has 1 aromatic heterocycles. The molecule has 2 N–H and O–H groups in total. The average Bonchev–Trinajstić information content (AvgIpc) is 2.67. The largest absolute Gasteiger partial charge is 0.378 e. The number of nitrogens with one attached hydrogen (secondary N) is 2. The van der Waals surface area contributed by atoms with Gasteiger partial charge in [-0.05, 0) is 37.1 Å². The number of amides is 2. The number of anilines is 2. The molecule has 1 saturated heterocycles. The van der Waals surface area contributed by atoms with Crippen LogP contribution in [0.15, 0.2) is 30.3 Å². The Morgan fingerprint density at radius 3 is 2.81 bits per heavy atom. The second kappa shape index (κ2) is 8.62. The zero-order valence-electron chi connectivity index (χ0n) is 15.3. The Balaban J connectivity index is 1.59. The van der Waals surface area contributed by atoms with Gasteiger partial charge in [0.2, 0.25) is 5.95 Å². The zero-order chi connectivity index (χ0) is 18.4. The first-order chi connectivity index (χ1) is 12.6. The number of benzene rings is 1. The predicted molar refractivity (Wildman–Crippen MR) is 101 cm³/mol. The fourth-order valence-electron chi connectivity index (χ4n) is 2.83. The molecule has 0 aliphatic carbocycles. The van der Waals surface area contributed by atoms with E-state index in [1.807, 2.05) is 37.3 Å². The summed E-state index contributed by atoms with van der Waals surface area (Å²) < 4.78 is 5.37. The van der Waals surface area contributed by atoms with Crippen molar-refractivity contribution in [1.29, 1.82) is 0 Å². The summed E-state index contributed by atoms with van der Waals surface area (Å²) in [5, 5.41) is 5.72. The van der Waals surface area contributed by atoms with Crippen LogP contribution in [0.25, 0.3) is 0 Å². The fraction of sp³-hybridized carbons (Fsp3) is 0.421. The summed E-state index contributed by atoms with van der Waals surface area (Å²) in [6.45, 7) is 7.30. The molecule has 26 heavy (non-hydrogen) atoms. The molecule has 1 aromatic carbocycles. The van der Waals surface area contributed by atoms with Crippen LogP contribution in [0.1, 0.15) is 23.9 Å². The summed E-state index contributed by atoms with van der Waals surface area (Å²) in [4.78, 5) is 23.4. The van der Waals surface area contributed by atoms with E-state index in [1.165, 1.54) is 5.56 Å². The number of morpholine rings is 1. The van der Waals surface area contributed by atoms with Crippen LogP contribution in [-0.2, 0) is 17.7 Å². The number of urea groups is 1. The standard InChI is InChI=1S/C19H25N5O2/c1-3-15-5-4-6-16(12-15)23-19(25)20-13-17-11-14(2)21-18(22-17)24-7-9-26-10-8-24/h4-6,11-12H,3,7-10,13H2,1-2H3,(H2,20,23,25). The topological polar surface area (TPSA) is 79.4 Å². The molecule has 7 nitrogen and oxygen atoms in total. The minimum absolute atomic E-state index is 0.248. The van der Waals surface area contributed by atoms with Crippen LogP contribution < -0.4 is 15.5 Å². The summed E-state index contributed by atoms with van der Waals surface area (Å²) >= 11 is 0. The maximum Gasteiger partial charge on any atom is 0.319 e. The predicted octanol–water partition coefficient (Wildman–Crippen LogP) is 2.51. The van der Waals surface area contributed by atoms with E-state index in [-0.39, 0.29) is 6.03 Å². The Morgan fingerprint density at radius 2 is 2.04 bits per heavy atom. The molecule has 3 rings (SSSR count). The average molecular weight is 355 g/mol. The highest BCUT2D eigenvalue weighted by molar-refractivity contribution is 5.89. The van der Waals surface area contributed by atoms with Crippen LogP contribution in [0.2, 0.25) is 0 Å². The van der Waals surface area contributed by atoms with Gasteiger partial charge in [-0.1, -0.05) is 19.1 Å². The Bertz CT molecular complexity index is 759. The monoisotopic (exact) mass is 355 g/mol. The lowest BCUT2D eigenvalue weighted by Crippen LogP contribution is -2.37. The highest BCUT2D eigenvalue weighted by Crippen LogP contribution is 2.13. The molecule has 1 fully saturated rings. The molecule has 7 heteroatoms. The Morgan fingerprint density at radius 1 is 1.23 bits per heavy atom. The minimum atomic E-state index is -0.248. The van der Waals surface area contributed by atoms with Gasteiger partial charge in [-0.3, -0.25) is 0 Å². The molecule has 0 unspecified atom stereocenters. The van der Waals surface area contributed by atoms with Gasteiger partial charge in [-0.2, -0.15) is 0 Å². The van der Waals surface area contributed by atoms with Crippen molar-refractivity contribution in [3.05, 3.63) is 47.3 Å². The molecule has 0 radical (unpaired) electrons. The molecular weight excluding hydrogens is 330 g/mol. The molecule has 0 bridgehead atoms. The lowest BCUT2D eigenvalue weighted by molar-refractivity contribution is 0.122. The molecule has 2 aromatic rings. The van der Waals surface area contributed by atoms with Gasteiger partial charge in [0.25, 0.3) is 0 Å². The molecule has 0 atom stereocenters. The van der Waals surface area contributed by atoms with E-state index in [4.69, 9.17) is 4.74 Å². The number of aromatic nitrogens is 2. The molecule has 1 aliphatic rings. The van der Waals surface area contributed by atoms with Crippen LogP contribution >= 0.6 is 0 Å². The molecule has 0 spiro atoms. The van der Waals surface area contributed by atoms with Gasteiger partial charge in [0, 0.05) is 24.5 Å². The van der Waals surface area contributed by atoms with E-state index in [0.717, 1.165) is 36.6 Å². The van der Waals surface area contributed by atoms with Gasteiger partial charge in [0.15, 0.2) is 0 Å². The lowest BCUT2D eigenvalue weighted by Gasteiger charge is -2.27. The normalized spacial score (nSPS) is 14.2. The van der Waals surface area contributed by atoms with Crippen LogP contribution in [-0.4, -0.2) is 42.3 Å². The second-order valence-electron chi connectivity index (χ2n) is 6.26. The minimum Gasteiger partial charge on any atom is -0.378 e. The number of hydrogen-bond donors (Lipinski definition) is 2. The highest BCUT2D eigenvalue weighted by Gasteiger charge is 2.15. The summed E-state index contributed by atoms with van der Waals surface area (Å²) in [6.07, 6.45) is 0.932. The van der Waals surface area contributed by atoms with Crippen molar-refractivity contribution in [2.45, 2.75) is 26.8 Å². The van der Waals surface area contributed by atoms with Crippen molar-refractivity contribution in [1.82, 2.24) is 15.3 Å². The SMILES string of the molecule is CCc1cccc(NC(=O)NCc2cc(C)nc(N3CCOCC3)n2)c1. The van der Waals surface area contributed by atoms with Gasteiger partial charge in [0.05, 0.1) is 25.5 Å². The molecular formula is C19H25N5O2. The van der Waals surface area contributed by atoms with Crippen LogP contribution in [0, 0.1) is 6.92 Å². The van der Waals surface area contributed by atoms with Crippen molar-refractivity contribution in [3.63, 3.8) is 0 Å². The van der Waals surface area contributed by atoms with E-state index < -0.39 is 0 Å². The Labute approximate surface area is 153 Å². The first-order valence-corrected chi connectivity index (χ1v) is 8.95. The molecule has 2 heterocycles. The van der Waals surface area contributed by atoms with Gasteiger partial charge < -0.3 is 20.3 Å². The number of rotatable bonds is 5. The number of aryl methyl sites for hydroxylation is 2. The van der Waals surface area contributed by atoms with Crippen molar-refractivity contribution in [2.75, 3.05) is 36.5 Å². The molecule has 138 valence electrons. The number of ether oxygens (including phenoxy) is 1. The molecule has 2 amide bonds. The van der Waals surface area contributed by atoms with Crippen molar-refractivity contribution < 1.29 is 9.53 Å². The number of carbonyl (C=O) groups is 1. The van der Waals surface area contributed by atoms with Gasteiger partial charge in [-0.15, -0.1) is 0 Å². The van der Waals surface area contributed by atoms with Crippen LogP contribution in [0.4, 0.5) is 16.4 Å². The van der Waals surface area contributed by atoms with E-state index in [2.05, 4.69) is 32.4 Å². The van der Waals surface area contributed by atoms with E-state index in [0.29, 0.717) is 25.7 Å². The Kier molecular flexibility index (Phi) is 6.01. The first-order valence-electron chi connectivity index (χ1n) is 8.95. The number of hydrogen-bond acceptors (Lipinski definition) is 5. The van der Waals surface area contributed by atoms with Crippen molar-refractivity contribution in [2.24, 2.45) is 0 Å². The number of nitrogens with zero attached hydrogens (tertiary/aromatic N) is 3. The number of carbonyl (C=O) groups excluding carboxylic acids is 1. The summed E-state index contributed by atoms with van der Waals surface area (Å²) in [5.41, 5.74) is 3.64. The van der Waals surface area contributed by atoms with E-state index >= 15 is 0 Å². The summed E-state index contributed by atoms with van der Waals surface area (Å²) in [6, 6.07) is 9.48. The van der Waals surface area contributed by atoms with E-state index in [1.54, 1.807) is 0 Å². The van der Waals surface area contributed by atoms with Crippen LogP contribution in [0.5, 0.6) is 0 Å². The molecule has 1 aliphatic heterocycles. The summed E-state index contributed by atoms with van der Waals surface area (Å²) in [5.74, 6) is 0.696. The quantitative estimate of drug-likeness (QED) is 0.861.